The van der Waals surface area contributed by atoms with E-state index in [-0.39, 0.29) is 0 Å². The smallest absolute Gasteiger partial charge is 0.330 e. The Morgan fingerprint density at radius 2 is 2.15 bits per heavy atom. The summed E-state index contributed by atoms with van der Waals surface area (Å²) in [5, 5.41) is 13.9. The number of hydrogen-bond donors (Lipinski definition) is 1. The van der Waals surface area contributed by atoms with E-state index in [2.05, 4.69) is 25.8 Å². The molecule has 1 unspecified atom stereocenters. The number of aliphatic hydroxyl groups is 1. The highest BCUT2D eigenvalue weighted by Crippen LogP contribution is 2.26. The molecule has 0 bridgehead atoms. The van der Waals surface area contributed by atoms with Crippen molar-refractivity contribution in [2.75, 3.05) is 13.2 Å². The Hall–Kier alpha value is -0.670. The van der Waals surface area contributed by atoms with E-state index in [1.165, 1.54) is 10.9 Å². The maximum atomic E-state index is 12.6. The number of rotatable bonds is 8. The van der Waals surface area contributed by atoms with Crippen molar-refractivity contribution in [2.45, 2.75) is 38.3 Å². The second kappa shape index (κ2) is 7.37. The lowest BCUT2D eigenvalue weighted by Gasteiger charge is -2.18. The Labute approximate surface area is 121 Å². The molecule has 1 rings (SSSR count). The third kappa shape index (κ3) is 4.42. The van der Waals surface area contributed by atoms with Gasteiger partial charge in [0.05, 0.1) is 23.0 Å². The lowest BCUT2D eigenvalue weighted by Crippen LogP contribution is -2.33. The van der Waals surface area contributed by atoms with Crippen LogP contribution in [0.25, 0.3) is 0 Å². The van der Waals surface area contributed by atoms with Crippen LogP contribution in [-0.2, 0) is 11.3 Å². The van der Waals surface area contributed by atoms with Crippen LogP contribution in [0.4, 0.5) is 17.6 Å². The molecule has 0 saturated heterocycles. The topological polar surface area (TPSA) is 47.3 Å². The summed E-state index contributed by atoms with van der Waals surface area (Å²) in [7, 11) is 0. The quantitative estimate of drug-likeness (QED) is 0.723. The van der Waals surface area contributed by atoms with Gasteiger partial charge < -0.3 is 9.84 Å². The number of halogens is 5. The number of hydrogen-bond acceptors (Lipinski definition) is 3. The van der Waals surface area contributed by atoms with Crippen molar-refractivity contribution in [3.05, 3.63) is 16.4 Å². The molecule has 0 aliphatic carbocycles. The zero-order chi connectivity index (χ0) is 15.3. The fourth-order valence-corrected chi connectivity index (χ4v) is 2.10. The van der Waals surface area contributed by atoms with Gasteiger partial charge in [0.1, 0.15) is 12.7 Å². The maximum absolute atomic E-state index is 12.6. The van der Waals surface area contributed by atoms with E-state index < -0.39 is 31.7 Å². The molecule has 1 aromatic rings. The van der Waals surface area contributed by atoms with E-state index >= 15 is 0 Å². The monoisotopic (exact) mass is 362 g/mol. The van der Waals surface area contributed by atoms with Gasteiger partial charge in [-0.3, -0.25) is 4.68 Å². The predicted octanol–water partition coefficient (Wildman–Crippen LogP) is 3.01. The lowest BCUT2D eigenvalue weighted by atomic mass is 10.2. The van der Waals surface area contributed by atoms with Gasteiger partial charge in [0.25, 0.3) is 0 Å². The van der Waals surface area contributed by atoms with Gasteiger partial charge in [0.15, 0.2) is 0 Å². The van der Waals surface area contributed by atoms with Crippen LogP contribution >= 0.6 is 15.9 Å². The number of nitrogens with zero attached hydrogens (tertiary/aromatic N) is 2. The van der Waals surface area contributed by atoms with Crippen molar-refractivity contribution in [1.29, 1.82) is 0 Å². The Balaban J connectivity index is 2.59. The maximum Gasteiger partial charge on any atom is 0.330 e. The largest absolute Gasteiger partial charge is 0.384 e. The third-order valence-electron chi connectivity index (χ3n) is 2.47. The van der Waals surface area contributed by atoms with Gasteiger partial charge in [-0.2, -0.15) is 13.9 Å². The first kappa shape index (κ1) is 17.4. The molecular formula is C11H15BrF4N2O2. The van der Waals surface area contributed by atoms with Crippen molar-refractivity contribution < 1.29 is 27.4 Å². The fourth-order valence-electron chi connectivity index (χ4n) is 1.54. The van der Waals surface area contributed by atoms with Crippen molar-refractivity contribution >= 4 is 15.9 Å². The minimum atomic E-state index is -4.22. The molecule has 1 heterocycles. The molecule has 1 aromatic heterocycles. The molecule has 0 radical (unpaired) electrons. The molecule has 0 spiro atoms. The van der Waals surface area contributed by atoms with Crippen LogP contribution in [-0.4, -0.2) is 40.4 Å². The van der Waals surface area contributed by atoms with Gasteiger partial charge in [0, 0.05) is 6.54 Å². The summed E-state index contributed by atoms with van der Waals surface area (Å²) < 4.78 is 55.6. The van der Waals surface area contributed by atoms with Gasteiger partial charge in [-0.05, 0) is 22.4 Å². The zero-order valence-electron chi connectivity index (χ0n) is 10.7. The second-order valence-corrected chi connectivity index (χ2v) is 5.05. The van der Waals surface area contributed by atoms with Crippen LogP contribution in [0.2, 0.25) is 0 Å². The second-order valence-electron chi connectivity index (χ2n) is 4.19. The predicted molar refractivity (Wildman–Crippen MR) is 66.9 cm³/mol. The molecule has 4 nitrogen and oxygen atoms in total. The van der Waals surface area contributed by atoms with Gasteiger partial charge in [-0.15, -0.1) is 0 Å². The van der Waals surface area contributed by atoms with Gasteiger partial charge in [-0.1, -0.05) is 6.92 Å². The molecule has 9 heteroatoms. The van der Waals surface area contributed by atoms with Crippen LogP contribution in [0, 0.1) is 0 Å². The highest BCUT2D eigenvalue weighted by atomic mass is 79.9. The molecule has 1 N–H and O–H groups in total. The molecular weight excluding hydrogens is 348 g/mol. The van der Waals surface area contributed by atoms with Crippen molar-refractivity contribution in [2.24, 2.45) is 0 Å². The van der Waals surface area contributed by atoms with E-state index in [4.69, 9.17) is 0 Å². The van der Waals surface area contributed by atoms with Gasteiger partial charge >= 0.3 is 12.3 Å². The summed E-state index contributed by atoms with van der Waals surface area (Å²) in [5.74, 6) is -4.22. The molecule has 0 aromatic carbocycles. The summed E-state index contributed by atoms with van der Waals surface area (Å²) in [6, 6.07) is 0. The number of aromatic nitrogens is 2. The van der Waals surface area contributed by atoms with Crippen molar-refractivity contribution in [1.82, 2.24) is 9.78 Å². The molecule has 116 valence electrons. The highest BCUT2D eigenvalue weighted by molar-refractivity contribution is 9.10. The summed E-state index contributed by atoms with van der Waals surface area (Å²) in [6.45, 7) is 0.480. The van der Waals surface area contributed by atoms with Crippen molar-refractivity contribution in [3.8, 4) is 0 Å². The Bertz CT molecular complexity index is 429. The summed E-state index contributed by atoms with van der Waals surface area (Å²) in [5.41, 5.74) is 0.368. The van der Waals surface area contributed by atoms with Gasteiger partial charge in [0.2, 0.25) is 0 Å². The number of aryl methyl sites for hydroxylation is 1. The van der Waals surface area contributed by atoms with E-state index in [0.717, 1.165) is 6.42 Å². The molecule has 0 aliphatic heterocycles. The summed E-state index contributed by atoms with van der Waals surface area (Å²) in [6.07, 6.45) is -2.80. The van der Waals surface area contributed by atoms with Crippen LogP contribution in [0.3, 0.4) is 0 Å². The Morgan fingerprint density at radius 1 is 1.50 bits per heavy atom. The number of aliphatic hydroxyl groups excluding tert-OH is 1. The van der Waals surface area contributed by atoms with Crippen LogP contribution in [0.5, 0.6) is 0 Å². The Kier molecular flexibility index (Phi) is 6.41. The molecule has 1 atom stereocenters. The van der Waals surface area contributed by atoms with E-state index in [1.807, 2.05) is 6.92 Å². The molecule has 0 saturated carbocycles. The van der Waals surface area contributed by atoms with Crippen LogP contribution in [0.15, 0.2) is 10.7 Å². The van der Waals surface area contributed by atoms with Crippen molar-refractivity contribution in [3.63, 3.8) is 0 Å². The van der Waals surface area contributed by atoms with Crippen LogP contribution < -0.4 is 0 Å². The first-order chi connectivity index (χ1) is 9.29. The number of alkyl halides is 4. The van der Waals surface area contributed by atoms with E-state index in [9.17, 15) is 22.7 Å². The SMILES string of the molecule is CCCn1ncc(Br)c1C(O)COCC(F)(F)C(F)F. The lowest BCUT2D eigenvalue weighted by molar-refractivity contribution is -0.171. The summed E-state index contributed by atoms with van der Waals surface area (Å²) in [4.78, 5) is 0. The first-order valence-electron chi connectivity index (χ1n) is 5.92. The normalized spacial score (nSPS) is 14.0. The average molecular weight is 363 g/mol. The van der Waals surface area contributed by atoms with E-state index in [1.54, 1.807) is 0 Å². The average Bonchev–Trinajstić information content (AvgIpc) is 2.70. The Morgan fingerprint density at radius 3 is 2.70 bits per heavy atom. The molecule has 0 amide bonds. The minimum Gasteiger partial charge on any atom is -0.384 e. The van der Waals surface area contributed by atoms with Crippen LogP contribution in [0.1, 0.15) is 25.1 Å². The fraction of sp³-hybridized carbons (Fsp3) is 0.727. The molecule has 0 aliphatic rings. The first-order valence-corrected chi connectivity index (χ1v) is 6.71. The number of ether oxygens (including phenoxy) is 1. The van der Waals surface area contributed by atoms with E-state index in [0.29, 0.717) is 16.7 Å². The molecule has 20 heavy (non-hydrogen) atoms. The highest BCUT2D eigenvalue weighted by Gasteiger charge is 2.41. The zero-order valence-corrected chi connectivity index (χ0v) is 12.3. The standard InChI is InChI=1S/C11H15BrF4N2O2/c1-2-3-18-9(7(12)4-17-18)8(19)5-20-6-11(15,16)10(13)14/h4,8,10,19H,2-3,5-6H2,1H3. The minimum absolute atomic E-state index is 0.368. The van der Waals surface area contributed by atoms with Gasteiger partial charge in [-0.25, -0.2) is 8.78 Å². The third-order valence-corrected chi connectivity index (χ3v) is 3.08. The summed E-state index contributed by atoms with van der Waals surface area (Å²) >= 11 is 3.18. The molecule has 0 fully saturated rings.